The van der Waals surface area contributed by atoms with Crippen LogP contribution in [0.15, 0.2) is 36.5 Å². The molecule has 1 aliphatic rings. The van der Waals surface area contributed by atoms with Gasteiger partial charge in [0.15, 0.2) is 0 Å². The Morgan fingerprint density at radius 1 is 1.16 bits per heavy atom. The predicted molar refractivity (Wildman–Crippen MR) is 108 cm³/mol. The second-order valence-corrected chi connectivity index (χ2v) is 7.91. The van der Waals surface area contributed by atoms with Crippen molar-refractivity contribution >= 4 is 0 Å². The Labute approximate surface area is 179 Å². The summed E-state index contributed by atoms with van der Waals surface area (Å²) in [7, 11) is 1.61. The number of halogens is 3. The zero-order valence-corrected chi connectivity index (χ0v) is 17.3. The van der Waals surface area contributed by atoms with E-state index in [4.69, 9.17) is 4.74 Å². The Morgan fingerprint density at radius 3 is 2.55 bits per heavy atom. The maximum absolute atomic E-state index is 12.7. The molecule has 0 saturated heterocycles. The molecule has 1 fully saturated rings. The first-order valence-corrected chi connectivity index (χ1v) is 10.3. The summed E-state index contributed by atoms with van der Waals surface area (Å²) in [4.78, 5) is 8.80. The van der Waals surface area contributed by atoms with Gasteiger partial charge in [-0.3, -0.25) is 0 Å². The maximum Gasteiger partial charge on any atom is 0.416 e. The average molecular weight is 439 g/mol. The molecule has 0 radical (unpaired) electrons. The summed E-state index contributed by atoms with van der Waals surface area (Å²) in [5.41, 5.74) is 0.858. The third kappa shape index (κ3) is 6.22. The number of methoxy groups -OCH3 is 1. The molecule has 170 valence electrons. The van der Waals surface area contributed by atoms with Gasteiger partial charge in [0.05, 0.1) is 18.3 Å². The Kier molecular flexibility index (Phi) is 7.99. The summed E-state index contributed by atoms with van der Waals surface area (Å²) in [6.45, 7) is 0.737. The smallest absolute Gasteiger partial charge is 0.396 e. The van der Waals surface area contributed by atoms with Crippen LogP contribution in [0.1, 0.15) is 29.1 Å². The van der Waals surface area contributed by atoms with Gasteiger partial charge in [0.1, 0.15) is 5.82 Å². The Bertz CT molecular complexity index is 833. The highest BCUT2D eigenvalue weighted by Gasteiger charge is 2.42. The molecule has 0 amide bonds. The van der Waals surface area contributed by atoms with Crippen molar-refractivity contribution in [2.24, 2.45) is 11.8 Å². The Balaban J connectivity index is 1.67. The van der Waals surface area contributed by atoms with Crippen LogP contribution in [0.4, 0.5) is 13.2 Å². The third-order valence-electron chi connectivity index (χ3n) is 5.85. The van der Waals surface area contributed by atoms with Gasteiger partial charge >= 0.3 is 6.18 Å². The zero-order chi connectivity index (χ0) is 22.4. The first-order chi connectivity index (χ1) is 14.8. The monoisotopic (exact) mass is 439 g/mol. The molecule has 6 nitrogen and oxygen atoms in total. The summed E-state index contributed by atoms with van der Waals surface area (Å²) in [5.74, 6) is 0.301. The minimum absolute atomic E-state index is 0.0698. The average Bonchev–Trinajstić information content (AvgIpc) is 3.04. The van der Waals surface area contributed by atoms with E-state index >= 15 is 0 Å². The molecule has 1 aromatic heterocycles. The van der Waals surface area contributed by atoms with E-state index in [1.165, 1.54) is 12.1 Å². The molecule has 31 heavy (non-hydrogen) atoms. The molecule has 3 N–H and O–H groups in total. The van der Waals surface area contributed by atoms with E-state index in [0.29, 0.717) is 38.2 Å². The van der Waals surface area contributed by atoms with Crippen molar-refractivity contribution in [3.8, 4) is 0 Å². The van der Waals surface area contributed by atoms with E-state index in [1.807, 2.05) is 6.07 Å². The molecule has 2 aromatic rings. The summed E-state index contributed by atoms with van der Waals surface area (Å²) >= 11 is 0. The van der Waals surface area contributed by atoms with Crippen LogP contribution in [-0.2, 0) is 30.3 Å². The Morgan fingerprint density at radius 2 is 1.90 bits per heavy atom. The molecule has 1 aliphatic carbocycles. The summed E-state index contributed by atoms with van der Waals surface area (Å²) in [5, 5.41) is 23.6. The first-order valence-electron chi connectivity index (χ1n) is 10.3. The number of ether oxygens (including phenoxy) is 1. The number of benzene rings is 1. The number of hydrogen-bond donors (Lipinski definition) is 3. The van der Waals surface area contributed by atoms with Crippen molar-refractivity contribution in [2.45, 2.75) is 44.1 Å². The van der Waals surface area contributed by atoms with Gasteiger partial charge in [0, 0.05) is 50.5 Å². The molecule has 9 heteroatoms. The highest BCUT2D eigenvalue weighted by molar-refractivity contribution is 5.24. The number of nitrogens with one attached hydrogen (secondary N) is 1. The van der Waals surface area contributed by atoms with Crippen LogP contribution >= 0.6 is 0 Å². The number of hydrogen-bond acceptors (Lipinski definition) is 6. The quantitative estimate of drug-likeness (QED) is 0.556. The van der Waals surface area contributed by atoms with E-state index in [1.54, 1.807) is 13.3 Å². The highest BCUT2D eigenvalue weighted by Crippen LogP contribution is 2.35. The van der Waals surface area contributed by atoms with E-state index in [9.17, 15) is 23.4 Å². The van der Waals surface area contributed by atoms with Gasteiger partial charge in [-0.15, -0.1) is 0 Å². The summed E-state index contributed by atoms with van der Waals surface area (Å²) in [6.07, 6.45) is -1.72. The van der Waals surface area contributed by atoms with Crippen LogP contribution in [0.25, 0.3) is 0 Å². The van der Waals surface area contributed by atoms with Gasteiger partial charge in [-0.05, 0) is 42.5 Å². The largest absolute Gasteiger partial charge is 0.416 e. The van der Waals surface area contributed by atoms with E-state index in [2.05, 4.69) is 15.3 Å². The lowest BCUT2D eigenvalue weighted by Gasteiger charge is -2.25. The van der Waals surface area contributed by atoms with Crippen molar-refractivity contribution in [2.75, 3.05) is 20.3 Å². The lowest BCUT2D eigenvalue weighted by molar-refractivity contribution is -0.137. The SMILES string of the molecule is COCCc1nccc(CC2C(NCc3ccc(C(F)(F)F)cc3)CC(O)C2CO)n1. The topological polar surface area (TPSA) is 87.5 Å². The van der Waals surface area contributed by atoms with Crippen LogP contribution in [0.2, 0.25) is 0 Å². The van der Waals surface area contributed by atoms with E-state index in [-0.39, 0.29) is 24.5 Å². The standard InChI is InChI=1S/C22H28F3N3O3/c1-31-9-7-21-26-8-6-16(28-21)10-17-18(13-29)20(30)11-19(17)27-12-14-2-4-15(5-3-14)22(23,24)25/h2-6,8,17-20,27,29-30H,7,9-13H2,1H3. The fourth-order valence-electron chi connectivity index (χ4n) is 4.15. The lowest BCUT2D eigenvalue weighted by atomic mass is 9.88. The number of aromatic nitrogens is 2. The van der Waals surface area contributed by atoms with E-state index in [0.717, 1.165) is 23.4 Å². The molecule has 4 unspecified atom stereocenters. The predicted octanol–water partition coefficient (Wildman–Crippen LogP) is 2.37. The van der Waals surface area contributed by atoms with Crippen LogP contribution in [0, 0.1) is 11.8 Å². The molecule has 1 saturated carbocycles. The number of aliphatic hydroxyl groups excluding tert-OH is 2. The number of aliphatic hydroxyl groups is 2. The van der Waals surface area contributed by atoms with Crippen molar-refractivity contribution in [3.63, 3.8) is 0 Å². The number of nitrogens with zero attached hydrogens (tertiary/aromatic N) is 2. The minimum Gasteiger partial charge on any atom is -0.396 e. The number of alkyl halides is 3. The van der Waals surface area contributed by atoms with E-state index < -0.39 is 17.8 Å². The Hall–Kier alpha value is -2.07. The molecule has 0 aliphatic heterocycles. The molecule has 0 spiro atoms. The van der Waals surface area contributed by atoms with Gasteiger partial charge in [-0.2, -0.15) is 13.2 Å². The maximum atomic E-state index is 12.7. The summed E-state index contributed by atoms with van der Waals surface area (Å²) < 4.78 is 43.3. The molecule has 1 aromatic carbocycles. The lowest BCUT2D eigenvalue weighted by Crippen LogP contribution is -2.36. The molecule has 0 bridgehead atoms. The van der Waals surface area contributed by atoms with Crippen LogP contribution in [0.5, 0.6) is 0 Å². The molecule has 1 heterocycles. The number of rotatable bonds is 9. The second kappa shape index (κ2) is 10.5. The van der Waals surface area contributed by atoms with Crippen LogP contribution < -0.4 is 5.32 Å². The zero-order valence-electron chi connectivity index (χ0n) is 17.3. The minimum atomic E-state index is -4.36. The van der Waals surface area contributed by atoms with Crippen molar-refractivity contribution in [1.82, 2.24) is 15.3 Å². The molecule has 4 atom stereocenters. The van der Waals surface area contributed by atoms with Gasteiger partial charge in [0.2, 0.25) is 0 Å². The summed E-state index contributed by atoms with van der Waals surface area (Å²) in [6, 6.07) is 6.75. The van der Waals surface area contributed by atoms with Gasteiger partial charge in [0.25, 0.3) is 0 Å². The van der Waals surface area contributed by atoms with Gasteiger partial charge in [-0.25, -0.2) is 9.97 Å². The van der Waals surface area contributed by atoms with Crippen molar-refractivity contribution in [1.29, 1.82) is 0 Å². The van der Waals surface area contributed by atoms with Gasteiger partial charge in [-0.1, -0.05) is 12.1 Å². The van der Waals surface area contributed by atoms with Gasteiger partial charge < -0.3 is 20.3 Å². The molecule has 3 rings (SSSR count). The first kappa shape index (κ1) is 23.6. The molecular weight excluding hydrogens is 411 g/mol. The third-order valence-corrected chi connectivity index (χ3v) is 5.85. The van der Waals surface area contributed by atoms with Crippen molar-refractivity contribution in [3.05, 3.63) is 59.2 Å². The van der Waals surface area contributed by atoms with Crippen molar-refractivity contribution < 1.29 is 28.1 Å². The fourth-order valence-corrected chi connectivity index (χ4v) is 4.15. The molecular formula is C22H28F3N3O3. The highest BCUT2D eigenvalue weighted by atomic mass is 19.4. The fraction of sp³-hybridized carbons (Fsp3) is 0.545. The van der Waals surface area contributed by atoms with Crippen LogP contribution in [-0.4, -0.2) is 52.7 Å². The normalized spacial score (nSPS) is 23.9. The van der Waals surface area contributed by atoms with Crippen LogP contribution in [0.3, 0.4) is 0 Å². The second-order valence-electron chi connectivity index (χ2n) is 7.91.